The summed E-state index contributed by atoms with van der Waals surface area (Å²) in [6.07, 6.45) is 0. The molecule has 0 saturated carbocycles. The molecule has 78 valence electrons. The van der Waals surface area contributed by atoms with E-state index in [4.69, 9.17) is 9.47 Å². The van der Waals surface area contributed by atoms with E-state index in [1.54, 1.807) is 0 Å². The first kappa shape index (κ1) is 11.4. The van der Waals surface area contributed by atoms with Crippen molar-refractivity contribution in [3.63, 3.8) is 0 Å². The average Bonchev–Trinajstić information content (AvgIpc) is 2.18. The van der Waals surface area contributed by atoms with Crippen molar-refractivity contribution in [2.24, 2.45) is 0 Å². The molecule has 0 amide bonds. The van der Waals surface area contributed by atoms with Gasteiger partial charge in [0.15, 0.2) is 11.6 Å². The van der Waals surface area contributed by atoms with E-state index in [1.165, 1.54) is 19.2 Å². The summed E-state index contributed by atoms with van der Waals surface area (Å²) in [6, 6.07) is 2.75. The molecule has 0 unspecified atom stereocenters. The van der Waals surface area contributed by atoms with Crippen LogP contribution in [0.25, 0.3) is 0 Å². The highest BCUT2D eigenvalue weighted by Gasteiger charge is 2.12. The normalized spacial score (nSPS) is 10.3. The van der Waals surface area contributed by atoms with Crippen LogP contribution in [0.3, 0.4) is 0 Å². The summed E-state index contributed by atoms with van der Waals surface area (Å²) in [5, 5.41) is 0. The smallest absolute Gasteiger partial charge is 0.201 e. The molecule has 0 saturated heterocycles. The molecule has 1 rings (SSSR count). The van der Waals surface area contributed by atoms with Gasteiger partial charge in [-0.1, -0.05) is 0 Å². The van der Waals surface area contributed by atoms with Crippen molar-refractivity contribution in [3.05, 3.63) is 28.2 Å². The lowest BCUT2D eigenvalue weighted by Gasteiger charge is -2.07. The van der Waals surface area contributed by atoms with Crippen molar-refractivity contribution < 1.29 is 18.3 Å². The molecular formula is C9H9BrF2O2. The number of hydrogen-bond donors (Lipinski definition) is 0. The molecule has 0 heterocycles. The second-order valence-corrected chi connectivity index (χ2v) is 3.37. The van der Waals surface area contributed by atoms with Crippen LogP contribution in [0.5, 0.6) is 5.75 Å². The Bertz CT molecular complexity index is 318. The Kier molecular flexibility index (Phi) is 4.28. The summed E-state index contributed by atoms with van der Waals surface area (Å²) in [7, 11) is 1.50. The van der Waals surface area contributed by atoms with Crippen LogP contribution < -0.4 is 4.74 Å². The number of hydrogen-bond acceptors (Lipinski definition) is 2. The van der Waals surface area contributed by atoms with Gasteiger partial charge in [0.1, 0.15) is 6.61 Å². The minimum absolute atomic E-state index is 0.0779. The van der Waals surface area contributed by atoms with Crippen LogP contribution in [0.2, 0.25) is 0 Å². The van der Waals surface area contributed by atoms with Gasteiger partial charge in [0.25, 0.3) is 0 Å². The SMILES string of the molecule is COCCOc1ccc(Br)c(F)c1F. The Morgan fingerprint density at radius 3 is 2.57 bits per heavy atom. The Balaban J connectivity index is 2.73. The summed E-state index contributed by atoms with van der Waals surface area (Å²) in [6.45, 7) is 0.519. The van der Waals surface area contributed by atoms with E-state index in [9.17, 15) is 8.78 Å². The molecule has 0 atom stereocenters. The minimum Gasteiger partial charge on any atom is -0.488 e. The largest absolute Gasteiger partial charge is 0.488 e. The van der Waals surface area contributed by atoms with Crippen LogP contribution in [0, 0.1) is 11.6 Å². The maximum absolute atomic E-state index is 13.1. The van der Waals surface area contributed by atoms with Crippen molar-refractivity contribution >= 4 is 15.9 Å². The van der Waals surface area contributed by atoms with Crippen LogP contribution >= 0.6 is 15.9 Å². The summed E-state index contributed by atoms with van der Waals surface area (Å²) < 4.78 is 35.8. The van der Waals surface area contributed by atoms with Crippen LogP contribution in [0.4, 0.5) is 8.78 Å². The van der Waals surface area contributed by atoms with Crippen molar-refractivity contribution in [2.45, 2.75) is 0 Å². The fourth-order valence-electron chi connectivity index (χ4n) is 0.855. The van der Waals surface area contributed by atoms with Gasteiger partial charge in [0, 0.05) is 7.11 Å². The zero-order chi connectivity index (χ0) is 10.6. The molecule has 0 spiro atoms. The Morgan fingerprint density at radius 2 is 1.93 bits per heavy atom. The van der Waals surface area contributed by atoms with E-state index in [0.29, 0.717) is 6.61 Å². The molecule has 1 aromatic rings. The van der Waals surface area contributed by atoms with Crippen molar-refractivity contribution in [1.82, 2.24) is 0 Å². The summed E-state index contributed by atoms with van der Waals surface area (Å²) in [5.74, 6) is -2.04. The molecule has 0 aliphatic rings. The van der Waals surface area contributed by atoms with Gasteiger partial charge < -0.3 is 9.47 Å². The van der Waals surface area contributed by atoms with Gasteiger partial charge >= 0.3 is 0 Å². The highest BCUT2D eigenvalue weighted by atomic mass is 79.9. The predicted octanol–water partition coefficient (Wildman–Crippen LogP) is 2.75. The lowest BCUT2D eigenvalue weighted by Crippen LogP contribution is -2.06. The van der Waals surface area contributed by atoms with Gasteiger partial charge in [-0.25, -0.2) is 4.39 Å². The van der Waals surface area contributed by atoms with Crippen LogP contribution in [-0.2, 0) is 4.74 Å². The summed E-state index contributed by atoms with van der Waals surface area (Å²) >= 11 is 2.87. The maximum atomic E-state index is 13.1. The first-order valence-electron chi connectivity index (χ1n) is 3.92. The lowest BCUT2D eigenvalue weighted by molar-refractivity contribution is 0.143. The first-order chi connectivity index (χ1) is 6.66. The average molecular weight is 267 g/mol. The molecule has 0 N–H and O–H groups in total. The second kappa shape index (κ2) is 5.26. The second-order valence-electron chi connectivity index (χ2n) is 2.51. The molecule has 5 heteroatoms. The highest BCUT2D eigenvalue weighted by Crippen LogP contribution is 2.25. The van der Waals surface area contributed by atoms with Gasteiger partial charge in [-0.3, -0.25) is 0 Å². The monoisotopic (exact) mass is 266 g/mol. The highest BCUT2D eigenvalue weighted by molar-refractivity contribution is 9.10. The van der Waals surface area contributed by atoms with Crippen molar-refractivity contribution in [2.75, 3.05) is 20.3 Å². The Labute approximate surface area is 89.0 Å². The molecule has 14 heavy (non-hydrogen) atoms. The number of halogens is 3. The first-order valence-corrected chi connectivity index (χ1v) is 4.71. The molecule has 0 aromatic heterocycles. The van der Waals surface area contributed by atoms with Gasteiger partial charge in [-0.2, -0.15) is 4.39 Å². The zero-order valence-corrected chi connectivity index (χ0v) is 9.11. The minimum atomic E-state index is -0.990. The quantitative estimate of drug-likeness (QED) is 0.617. The standard InChI is InChI=1S/C9H9BrF2O2/c1-13-4-5-14-7-3-2-6(10)8(11)9(7)12/h2-3H,4-5H2,1H3. The molecule has 0 fully saturated rings. The lowest BCUT2D eigenvalue weighted by atomic mass is 10.3. The van der Waals surface area contributed by atoms with Gasteiger partial charge in [-0.05, 0) is 28.1 Å². The summed E-state index contributed by atoms with van der Waals surface area (Å²) in [5.41, 5.74) is 0. The molecule has 2 nitrogen and oxygen atoms in total. The van der Waals surface area contributed by atoms with Crippen LogP contribution in [0.1, 0.15) is 0 Å². The molecule has 0 aliphatic carbocycles. The van der Waals surface area contributed by atoms with Gasteiger partial charge in [0.05, 0.1) is 11.1 Å². The fourth-order valence-corrected chi connectivity index (χ4v) is 1.16. The van der Waals surface area contributed by atoms with Crippen molar-refractivity contribution in [3.8, 4) is 5.75 Å². The van der Waals surface area contributed by atoms with Crippen LogP contribution in [-0.4, -0.2) is 20.3 Å². The molecule has 1 aromatic carbocycles. The van der Waals surface area contributed by atoms with Crippen molar-refractivity contribution in [1.29, 1.82) is 0 Å². The third-order valence-corrected chi connectivity index (χ3v) is 2.16. The van der Waals surface area contributed by atoms with E-state index >= 15 is 0 Å². The summed E-state index contributed by atoms with van der Waals surface area (Å²) in [4.78, 5) is 0. The molecule has 0 aliphatic heterocycles. The third kappa shape index (κ3) is 2.65. The maximum Gasteiger partial charge on any atom is 0.201 e. The zero-order valence-electron chi connectivity index (χ0n) is 7.52. The van der Waals surface area contributed by atoms with Crippen LogP contribution in [0.15, 0.2) is 16.6 Å². The number of ether oxygens (including phenoxy) is 2. The Morgan fingerprint density at radius 1 is 1.21 bits per heavy atom. The van der Waals surface area contributed by atoms with E-state index in [2.05, 4.69) is 15.9 Å². The van der Waals surface area contributed by atoms with E-state index in [0.717, 1.165) is 0 Å². The molecular weight excluding hydrogens is 258 g/mol. The van der Waals surface area contributed by atoms with Gasteiger partial charge in [0.2, 0.25) is 5.82 Å². The van der Waals surface area contributed by atoms with E-state index in [-0.39, 0.29) is 16.8 Å². The molecule has 0 bridgehead atoms. The number of methoxy groups -OCH3 is 1. The van der Waals surface area contributed by atoms with E-state index < -0.39 is 11.6 Å². The van der Waals surface area contributed by atoms with Gasteiger partial charge in [-0.15, -0.1) is 0 Å². The predicted molar refractivity (Wildman–Crippen MR) is 51.4 cm³/mol. The number of benzene rings is 1. The Hall–Kier alpha value is -0.680. The molecule has 0 radical (unpaired) electrons. The topological polar surface area (TPSA) is 18.5 Å². The number of rotatable bonds is 4. The fraction of sp³-hybridized carbons (Fsp3) is 0.333. The van der Waals surface area contributed by atoms with E-state index in [1.807, 2.05) is 0 Å². The third-order valence-electron chi connectivity index (χ3n) is 1.54.